The number of benzene rings is 1. The molecule has 3 N–H and O–H groups in total. The first kappa shape index (κ1) is 15.4. The van der Waals surface area contributed by atoms with Gasteiger partial charge >= 0.3 is 6.03 Å². The Hall–Kier alpha value is -2.12. The Balaban J connectivity index is 1.69. The first-order chi connectivity index (χ1) is 11.6. The molecule has 2 heterocycles. The van der Waals surface area contributed by atoms with E-state index in [2.05, 4.69) is 15.5 Å². The van der Waals surface area contributed by atoms with Crippen molar-refractivity contribution in [3.8, 4) is 11.5 Å². The summed E-state index contributed by atoms with van der Waals surface area (Å²) in [4.78, 5) is 18.0. The zero-order valence-electron chi connectivity index (χ0n) is 13.1. The van der Waals surface area contributed by atoms with Crippen molar-refractivity contribution >= 4 is 23.3 Å². The number of urea groups is 1. The smallest absolute Gasteiger partial charge is 0.321 e. The molecule has 0 radical (unpaired) electrons. The van der Waals surface area contributed by atoms with E-state index in [0.717, 1.165) is 31.4 Å². The zero-order chi connectivity index (χ0) is 16.7. The first-order valence-electron chi connectivity index (χ1n) is 8.05. The minimum absolute atomic E-state index is 0.124. The number of aromatic nitrogens is 2. The number of halogens is 1. The Kier molecular flexibility index (Phi) is 3.69. The van der Waals surface area contributed by atoms with Gasteiger partial charge in [-0.3, -0.25) is 4.90 Å². The van der Waals surface area contributed by atoms with Crippen molar-refractivity contribution in [2.24, 2.45) is 5.73 Å². The van der Waals surface area contributed by atoms with Gasteiger partial charge in [0.1, 0.15) is 0 Å². The van der Waals surface area contributed by atoms with Crippen molar-refractivity contribution in [1.82, 2.24) is 15.5 Å². The highest BCUT2D eigenvalue weighted by Gasteiger charge is 2.36. The summed E-state index contributed by atoms with van der Waals surface area (Å²) < 4.78 is 5.41. The van der Waals surface area contributed by atoms with E-state index >= 15 is 0 Å². The Morgan fingerprint density at radius 2 is 2.12 bits per heavy atom. The quantitative estimate of drug-likeness (QED) is 0.889. The highest BCUT2D eigenvalue weighted by atomic mass is 35.5. The third-order valence-corrected chi connectivity index (χ3v) is 5.05. The number of nitrogens with one attached hydrogen (secondary N) is 1. The van der Waals surface area contributed by atoms with Gasteiger partial charge in [0.25, 0.3) is 5.89 Å². The lowest BCUT2D eigenvalue weighted by atomic mass is 9.99. The van der Waals surface area contributed by atoms with Crippen molar-refractivity contribution in [3.05, 3.63) is 29.0 Å². The van der Waals surface area contributed by atoms with Gasteiger partial charge in [0.05, 0.1) is 16.1 Å². The fourth-order valence-electron chi connectivity index (χ4n) is 3.33. The molecule has 1 saturated heterocycles. The third kappa shape index (κ3) is 2.53. The monoisotopic (exact) mass is 347 g/mol. The van der Waals surface area contributed by atoms with Gasteiger partial charge in [-0.05, 0) is 31.0 Å². The molecular formula is C16H18ClN5O2. The molecule has 126 valence electrons. The Labute approximate surface area is 144 Å². The lowest BCUT2D eigenvalue weighted by Gasteiger charge is -2.17. The molecule has 2 amide bonds. The molecule has 2 fully saturated rings. The highest BCUT2D eigenvalue weighted by Crippen LogP contribution is 2.37. The largest absolute Gasteiger partial charge is 0.336 e. The second kappa shape index (κ2) is 5.75. The molecule has 1 saturated carbocycles. The van der Waals surface area contributed by atoms with E-state index in [9.17, 15) is 4.79 Å². The number of rotatable bonds is 3. The molecule has 24 heavy (non-hydrogen) atoms. The topological polar surface area (TPSA) is 97.3 Å². The lowest BCUT2D eigenvalue weighted by Crippen LogP contribution is -2.34. The van der Waals surface area contributed by atoms with Crippen LogP contribution in [0, 0.1) is 0 Å². The van der Waals surface area contributed by atoms with E-state index in [-0.39, 0.29) is 6.03 Å². The van der Waals surface area contributed by atoms with Gasteiger partial charge in [0, 0.05) is 18.8 Å². The van der Waals surface area contributed by atoms with Crippen LogP contribution in [-0.4, -0.2) is 29.3 Å². The van der Waals surface area contributed by atoms with Crippen LogP contribution in [0.15, 0.2) is 22.7 Å². The standard InChI is InChI=1S/C16H18ClN5O2/c17-12-4-3-10(22-8-7-19-15(22)23)9-11(12)13-20-14(21-24-13)16(18)5-1-2-6-16/h3-4,9H,1-2,5-8,18H2,(H,19,23). The van der Waals surface area contributed by atoms with Gasteiger partial charge < -0.3 is 15.6 Å². The van der Waals surface area contributed by atoms with E-state index in [4.69, 9.17) is 21.9 Å². The number of hydrogen-bond acceptors (Lipinski definition) is 5. The molecule has 0 atom stereocenters. The fraction of sp³-hybridized carbons (Fsp3) is 0.438. The molecule has 0 bridgehead atoms. The van der Waals surface area contributed by atoms with Gasteiger partial charge in [-0.25, -0.2) is 4.79 Å². The Morgan fingerprint density at radius 3 is 2.83 bits per heavy atom. The van der Waals surface area contributed by atoms with Crippen LogP contribution in [0.4, 0.5) is 10.5 Å². The van der Waals surface area contributed by atoms with Gasteiger partial charge in [-0.2, -0.15) is 4.98 Å². The number of anilines is 1. The highest BCUT2D eigenvalue weighted by molar-refractivity contribution is 6.33. The Morgan fingerprint density at radius 1 is 1.33 bits per heavy atom. The summed E-state index contributed by atoms with van der Waals surface area (Å²) in [5.74, 6) is 0.851. The van der Waals surface area contributed by atoms with Gasteiger partial charge in [0.2, 0.25) is 0 Å². The number of hydrogen-bond donors (Lipinski definition) is 2. The number of carbonyl (C=O) groups is 1. The average molecular weight is 348 g/mol. The molecule has 2 aliphatic rings. The summed E-state index contributed by atoms with van der Waals surface area (Å²) in [5, 5.41) is 7.33. The zero-order valence-corrected chi connectivity index (χ0v) is 13.8. The summed E-state index contributed by atoms with van der Waals surface area (Å²) in [6.45, 7) is 1.23. The fourth-order valence-corrected chi connectivity index (χ4v) is 3.53. The van der Waals surface area contributed by atoms with E-state index in [1.807, 2.05) is 0 Å². The molecule has 0 spiro atoms. The van der Waals surface area contributed by atoms with E-state index in [0.29, 0.717) is 35.4 Å². The van der Waals surface area contributed by atoms with Crippen LogP contribution in [0.2, 0.25) is 5.02 Å². The second-order valence-corrected chi connectivity index (χ2v) is 6.74. The van der Waals surface area contributed by atoms with Gasteiger partial charge in [-0.1, -0.05) is 29.6 Å². The van der Waals surface area contributed by atoms with Crippen LogP contribution in [0.3, 0.4) is 0 Å². The molecular weight excluding hydrogens is 330 g/mol. The van der Waals surface area contributed by atoms with Gasteiger partial charge in [0.15, 0.2) is 5.82 Å². The van der Waals surface area contributed by atoms with E-state index in [1.165, 1.54) is 0 Å². The predicted molar refractivity (Wildman–Crippen MR) is 89.8 cm³/mol. The summed E-state index contributed by atoms with van der Waals surface area (Å²) in [6.07, 6.45) is 3.85. The first-order valence-corrected chi connectivity index (χ1v) is 8.43. The van der Waals surface area contributed by atoms with Crippen molar-refractivity contribution in [2.45, 2.75) is 31.2 Å². The third-order valence-electron chi connectivity index (χ3n) is 4.72. The van der Waals surface area contributed by atoms with Crippen LogP contribution in [-0.2, 0) is 5.54 Å². The molecule has 0 unspecified atom stereocenters. The number of amides is 2. The molecule has 1 aliphatic heterocycles. The van der Waals surface area contributed by atoms with Crippen LogP contribution in [0.1, 0.15) is 31.5 Å². The van der Waals surface area contributed by atoms with Gasteiger partial charge in [-0.15, -0.1) is 0 Å². The number of nitrogens with zero attached hydrogens (tertiary/aromatic N) is 3. The van der Waals surface area contributed by atoms with E-state index in [1.54, 1.807) is 23.1 Å². The van der Waals surface area contributed by atoms with Crippen LogP contribution < -0.4 is 16.0 Å². The van der Waals surface area contributed by atoms with Crippen molar-refractivity contribution in [3.63, 3.8) is 0 Å². The molecule has 7 nitrogen and oxygen atoms in total. The van der Waals surface area contributed by atoms with Crippen molar-refractivity contribution in [1.29, 1.82) is 0 Å². The molecule has 8 heteroatoms. The normalized spacial score (nSPS) is 19.8. The molecule has 1 aromatic carbocycles. The van der Waals surface area contributed by atoms with Crippen LogP contribution in [0.5, 0.6) is 0 Å². The SMILES string of the molecule is NC1(c2noc(-c3cc(N4CCNC4=O)ccc3Cl)n2)CCCC1. The summed E-state index contributed by atoms with van der Waals surface area (Å²) in [6, 6.07) is 5.20. The van der Waals surface area contributed by atoms with E-state index < -0.39 is 5.54 Å². The van der Waals surface area contributed by atoms with Crippen molar-refractivity contribution < 1.29 is 9.32 Å². The summed E-state index contributed by atoms with van der Waals surface area (Å²) >= 11 is 6.30. The van der Waals surface area contributed by atoms with Crippen molar-refractivity contribution in [2.75, 3.05) is 18.0 Å². The average Bonchev–Trinajstić information content (AvgIpc) is 3.29. The maximum Gasteiger partial charge on any atom is 0.321 e. The molecule has 4 rings (SSSR count). The predicted octanol–water partition coefficient (Wildman–Crippen LogP) is 2.65. The van der Waals surface area contributed by atoms with Crippen LogP contribution in [0.25, 0.3) is 11.5 Å². The maximum absolute atomic E-state index is 11.8. The second-order valence-electron chi connectivity index (χ2n) is 6.33. The number of nitrogens with two attached hydrogens (primary N) is 1. The number of carbonyl (C=O) groups excluding carboxylic acids is 1. The minimum atomic E-state index is -0.513. The molecule has 1 aromatic heterocycles. The molecule has 1 aliphatic carbocycles. The summed E-state index contributed by atoms with van der Waals surface area (Å²) in [5.41, 5.74) is 7.21. The lowest BCUT2D eigenvalue weighted by molar-refractivity contribution is 0.252. The maximum atomic E-state index is 11.8. The molecule has 2 aromatic rings. The Bertz CT molecular complexity index is 785. The van der Waals surface area contributed by atoms with Crippen LogP contribution >= 0.6 is 11.6 Å². The summed E-state index contributed by atoms with van der Waals surface area (Å²) in [7, 11) is 0. The minimum Gasteiger partial charge on any atom is -0.336 e.